The molecule has 1 atom stereocenters. The number of rotatable bonds is 4. The lowest BCUT2D eigenvalue weighted by molar-refractivity contribution is -0.137. The maximum absolute atomic E-state index is 12.6. The number of aliphatic hydroxyl groups is 1. The molecular weight excluding hydrogens is 289 g/mol. The summed E-state index contributed by atoms with van der Waals surface area (Å²) < 4.78 is 37.7. The summed E-state index contributed by atoms with van der Waals surface area (Å²) in [7, 11) is 0. The average molecular weight is 308 g/mol. The number of benzene rings is 2. The molecule has 0 aliphatic heterocycles. The molecule has 0 saturated carbocycles. The van der Waals surface area contributed by atoms with Gasteiger partial charge in [-0.15, -0.1) is 0 Å². The Morgan fingerprint density at radius 2 is 1.59 bits per heavy atom. The van der Waals surface area contributed by atoms with Gasteiger partial charge in [0.2, 0.25) is 0 Å². The lowest BCUT2D eigenvalue weighted by Gasteiger charge is -2.14. The molecule has 0 heterocycles. The van der Waals surface area contributed by atoms with Crippen molar-refractivity contribution in [3.63, 3.8) is 0 Å². The maximum atomic E-state index is 12.6. The normalized spacial score (nSPS) is 13.2. The first-order valence-corrected chi connectivity index (χ1v) is 7.29. The van der Waals surface area contributed by atoms with E-state index in [-0.39, 0.29) is 0 Å². The van der Waals surface area contributed by atoms with E-state index in [1.165, 1.54) is 12.1 Å². The summed E-state index contributed by atoms with van der Waals surface area (Å²) in [5.74, 6) is 0. The molecule has 2 rings (SSSR count). The predicted molar refractivity (Wildman–Crippen MR) is 81.5 cm³/mol. The number of aliphatic hydroxyl groups excluding tert-OH is 1. The third-order valence-corrected chi connectivity index (χ3v) is 3.74. The minimum absolute atomic E-state index is 0.494. The zero-order chi connectivity index (χ0) is 16.3. The van der Waals surface area contributed by atoms with Crippen molar-refractivity contribution in [2.75, 3.05) is 0 Å². The summed E-state index contributed by atoms with van der Waals surface area (Å²) in [6.45, 7) is 3.91. The highest BCUT2D eigenvalue weighted by atomic mass is 19.4. The van der Waals surface area contributed by atoms with Crippen molar-refractivity contribution >= 4 is 0 Å². The molecular formula is C18H19F3O. The molecule has 0 radical (unpaired) electrons. The van der Waals surface area contributed by atoms with Crippen LogP contribution in [0.5, 0.6) is 0 Å². The Morgan fingerprint density at radius 3 is 2.09 bits per heavy atom. The van der Waals surface area contributed by atoms with E-state index >= 15 is 0 Å². The van der Waals surface area contributed by atoms with Crippen LogP contribution in [-0.2, 0) is 6.18 Å². The van der Waals surface area contributed by atoms with Crippen LogP contribution >= 0.6 is 0 Å². The van der Waals surface area contributed by atoms with Gasteiger partial charge in [0.1, 0.15) is 0 Å². The van der Waals surface area contributed by atoms with Crippen LogP contribution in [0.15, 0.2) is 42.5 Å². The maximum Gasteiger partial charge on any atom is 0.416 e. The van der Waals surface area contributed by atoms with Crippen LogP contribution in [0, 0.1) is 6.92 Å². The topological polar surface area (TPSA) is 20.2 Å². The first-order valence-electron chi connectivity index (χ1n) is 7.29. The van der Waals surface area contributed by atoms with Crippen LogP contribution in [0.2, 0.25) is 0 Å². The fourth-order valence-electron chi connectivity index (χ4n) is 2.51. The molecule has 1 nitrogen and oxygen atoms in total. The minimum Gasteiger partial charge on any atom is -0.388 e. The Balaban J connectivity index is 2.28. The molecule has 118 valence electrons. The zero-order valence-electron chi connectivity index (χ0n) is 12.6. The molecule has 0 aromatic heterocycles. The van der Waals surface area contributed by atoms with Crippen molar-refractivity contribution in [1.82, 2.24) is 0 Å². The van der Waals surface area contributed by atoms with Gasteiger partial charge in [0.25, 0.3) is 0 Å². The van der Waals surface area contributed by atoms with Gasteiger partial charge in [0, 0.05) is 0 Å². The highest BCUT2D eigenvalue weighted by Gasteiger charge is 2.29. The van der Waals surface area contributed by atoms with Crippen molar-refractivity contribution in [3.8, 4) is 11.1 Å². The van der Waals surface area contributed by atoms with E-state index in [2.05, 4.69) is 0 Å². The highest BCUT2D eigenvalue weighted by molar-refractivity contribution is 5.65. The number of halogens is 3. The molecule has 4 heteroatoms. The van der Waals surface area contributed by atoms with E-state index in [1.807, 2.05) is 32.0 Å². The van der Waals surface area contributed by atoms with E-state index in [9.17, 15) is 18.3 Å². The van der Waals surface area contributed by atoms with Crippen molar-refractivity contribution < 1.29 is 18.3 Å². The van der Waals surface area contributed by atoms with Crippen LogP contribution in [0.3, 0.4) is 0 Å². The molecule has 0 saturated heterocycles. The molecule has 0 bridgehead atoms. The van der Waals surface area contributed by atoms with Crippen LogP contribution in [-0.4, -0.2) is 5.11 Å². The van der Waals surface area contributed by atoms with E-state index in [0.717, 1.165) is 40.8 Å². The number of alkyl halides is 3. The molecule has 0 aliphatic carbocycles. The molecule has 2 aromatic carbocycles. The van der Waals surface area contributed by atoms with E-state index < -0.39 is 17.8 Å². The second-order valence-corrected chi connectivity index (χ2v) is 5.45. The van der Waals surface area contributed by atoms with Gasteiger partial charge in [-0.3, -0.25) is 0 Å². The summed E-state index contributed by atoms with van der Waals surface area (Å²) >= 11 is 0. The number of hydrogen-bond acceptors (Lipinski definition) is 1. The zero-order valence-corrected chi connectivity index (χ0v) is 12.6. The van der Waals surface area contributed by atoms with Crippen molar-refractivity contribution in [2.45, 2.75) is 39.0 Å². The van der Waals surface area contributed by atoms with Gasteiger partial charge < -0.3 is 5.11 Å². The van der Waals surface area contributed by atoms with Crippen molar-refractivity contribution in [1.29, 1.82) is 0 Å². The summed E-state index contributed by atoms with van der Waals surface area (Å²) in [6.07, 6.45) is -3.23. The molecule has 0 fully saturated rings. The summed E-state index contributed by atoms with van der Waals surface area (Å²) in [6, 6.07) is 10.7. The van der Waals surface area contributed by atoms with Gasteiger partial charge >= 0.3 is 6.18 Å². The average Bonchev–Trinajstić information content (AvgIpc) is 2.46. The first-order chi connectivity index (χ1) is 10.3. The summed E-state index contributed by atoms with van der Waals surface area (Å²) in [4.78, 5) is 0. The first kappa shape index (κ1) is 16.6. The molecule has 1 N–H and O–H groups in total. The molecule has 0 aliphatic rings. The fraction of sp³-hybridized carbons (Fsp3) is 0.333. The van der Waals surface area contributed by atoms with E-state index in [4.69, 9.17) is 0 Å². The standard InChI is InChI=1S/C18H19F3O/c1-3-4-17(22)16-10-7-14(11-12(16)2)13-5-8-15(9-6-13)18(19,20)21/h5-11,17,22H,3-4H2,1-2H3/t17-/m0/s1. The monoisotopic (exact) mass is 308 g/mol. The Hall–Kier alpha value is -1.81. The van der Waals surface area contributed by atoms with E-state index in [0.29, 0.717) is 6.42 Å². The lowest BCUT2D eigenvalue weighted by atomic mass is 9.95. The predicted octanol–water partition coefficient (Wildman–Crippen LogP) is 5.51. The van der Waals surface area contributed by atoms with Crippen molar-refractivity contribution in [2.24, 2.45) is 0 Å². The Bertz CT molecular complexity index is 630. The van der Waals surface area contributed by atoms with Gasteiger partial charge in [-0.25, -0.2) is 0 Å². The molecule has 2 aromatic rings. The minimum atomic E-state index is -4.32. The van der Waals surface area contributed by atoms with Gasteiger partial charge in [0.15, 0.2) is 0 Å². The molecule has 0 spiro atoms. The summed E-state index contributed by atoms with van der Waals surface area (Å²) in [5.41, 5.74) is 2.74. The Kier molecular flexibility index (Phi) is 4.91. The lowest BCUT2D eigenvalue weighted by Crippen LogP contribution is -2.04. The van der Waals surface area contributed by atoms with Gasteiger partial charge in [-0.2, -0.15) is 13.2 Å². The summed E-state index contributed by atoms with van der Waals surface area (Å²) in [5, 5.41) is 10.1. The Labute approximate surface area is 128 Å². The fourth-order valence-corrected chi connectivity index (χ4v) is 2.51. The highest BCUT2D eigenvalue weighted by Crippen LogP contribution is 2.32. The number of hydrogen-bond donors (Lipinski definition) is 1. The van der Waals surface area contributed by atoms with Crippen molar-refractivity contribution in [3.05, 3.63) is 59.2 Å². The van der Waals surface area contributed by atoms with Crippen LogP contribution in [0.4, 0.5) is 13.2 Å². The largest absolute Gasteiger partial charge is 0.416 e. The Morgan fingerprint density at radius 1 is 1.00 bits per heavy atom. The quantitative estimate of drug-likeness (QED) is 0.789. The van der Waals surface area contributed by atoms with Crippen LogP contribution < -0.4 is 0 Å². The van der Waals surface area contributed by atoms with Gasteiger partial charge in [0.05, 0.1) is 11.7 Å². The van der Waals surface area contributed by atoms with Crippen LogP contribution in [0.1, 0.15) is 42.6 Å². The third kappa shape index (κ3) is 3.69. The smallest absolute Gasteiger partial charge is 0.388 e. The van der Waals surface area contributed by atoms with Gasteiger partial charge in [-0.1, -0.05) is 43.7 Å². The third-order valence-electron chi connectivity index (χ3n) is 3.74. The number of aryl methyl sites for hydroxylation is 1. The second-order valence-electron chi connectivity index (χ2n) is 5.45. The SMILES string of the molecule is CCC[C@H](O)c1ccc(-c2ccc(C(F)(F)F)cc2)cc1C. The van der Waals surface area contributed by atoms with Gasteiger partial charge in [-0.05, 0) is 47.7 Å². The van der Waals surface area contributed by atoms with E-state index in [1.54, 1.807) is 0 Å². The molecule has 0 unspecified atom stereocenters. The molecule has 0 amide bonds. The second kappa shape index (κ2) is 6.53. The molecule has 22 heavy (non-hydrogen) atoms. The van der Waals surface area contributed by atoms with Crippen LogP contribution in [0.25, 0.3) is 11.1 Å².